The molecule has 1 aliphatic rings. The number of nitrogens with zero attached hydrogens (tertiary/aromatic N) is 7. The van der Waals surface area contributed by atoms with Crippen molar-refractivity contribution in [3.8, 4) is 23.1 Å². The first-order valence-electron chi connectivity index (χ1n) is 15.6. The van der Waals surface area contributed by atoms with Crippen LogP contribution in [-0.2, 0) is 6.42 Å². The van der Waals surface area contributed by atoms with Crippen LogP contribution in [0.4, 0.5) is 0 Å². The molecule has 0 radical (unpaired) electrons. The summed E-state index contributed by atoms with van der Waals surface area (Å²) in [6.45, 7) is 1.85. The van der Waals surface area contributed by atoms with Crippen LogP contribution in [0.2, 0.25) is 5.02 Å². The van der Waals surface area contributed by atoms with E-state index in [1.165, 1.54) is 23.7 Å². The van der Waals surface area contributed by atoms with Crippen LogP contribution >= 0.6 is 11.6 Å². The first-order chi connectivity index (χ1) is 22.9. The van der Waals surface area contributed by atoms with E-state index in [0.29, 0.717) is 51.2 Å². The summed E-state index contributed by atoms with van der Waals surface area (Å²) in [7, 11) is 1.58. The third-order valence-electron chi connectivity index (χ3n) is 9.37. The Hall–Kier alpha value is -5.27. The lowest BCUT2D eigenvalue weighted by Crippen LogP contribution is -2.17. The van der Waals surface area contributed by atoms with Gasteiger partial charge < -0.3 is 4.74 Å². The Morgan fingerprint density at radius 3 is 2.62 bits per heavy atom. The van der Waals surface area contributed by atoms with Crippen LogP contribution in [-0.4, -0.2) is 47.8 Å². The molecule has 0 N–H and O–H groups in total. The average Bonchev–Trinajstić information content (AvgIpc) is 3.91. The van der Waals surface area contributed by atoms with Crippen molar-refractivity contribution in [3.05, 3.63) is 95.3 Å². The highest BCUT2D eigenvalue weighted by atomic mass is 35.5. The average molecular weight is 646 g/mol. The van der Waals surface area contributed by atoms with E-state index >= 15 is 0 Å². The first kappa shape index (κ1) is 30.4. The molecule has 6 aromatic rings. The molecule has 11 heteroatoms. The highest BCUT2D eigenvalue weighted by molar-refractivity contribution is 6.30. The minimum absolute atomic E-state index is 0.0225. The molecule has 2 aromatic carbocycles. The number of benzene rings is 2. The van der Waals surface area contributed by atoms with E-state index in [4.69, 9.17) is 16.3 Å². The van der Waals surface area contributed by atoms with Gasteiger partial charge in [-0.2, -0.15) is 10.4 Å². The normalized spacial score (nSPS) is 14.1. The summed E-state index contributed by atoms with van der Waals surface area (Å²) >= 11 is 6.07. The number of hydrogen-bond donors (Lipinski definition) is 0. The fourth-order valence-corrected chi connectivity index (χ4v) is 7.09. The van der Waals surface area contributed by atoms with E-state index in [2.05, 4.69) is 21.1 Å². The summed E-state index contributed by atoms with van der Waals surface area (Å²) in [5.74, 6) is 0.626. The summed E-state index contributed by atoms with van der Waals surface area (Å²) in [6.07, 6.45) is 11.9. The van der Waals surface area contributed by atoms with Gasteiger partial charge in [0.25, 0.3) is 5.91 Å². The molecule has 1 saturated carbocycles. The summed E-state index contributed by atoms with van der Waals surface area (Å²) in [5, 5.41) is 16.2. The third-order valence-corrected chi connectivity index (χ3v) is 9.63. The second-order valence-electron chi connectivity index (χ2n) is 12.0. The maximum Gasteiger partial charge on any atom is 0.262 e. The largest absolute Gasteiger partial charge is 0.497 e. The number of halogens is 1. The minimum Gasteiger partial charge on any atom is -0.497 e. The van der Waals surface area contributed by atoms with Gasteiger partial charge in [-0.15, -0.1) is 0 Å². The molecular weight excluding hydrogens is 614 g/mol. The van der Waals surface area contributed by atoms with Crippen molar-refractivity contribution >= 4 is 45.4 Å². The molecule has 0 amide bonds. The summed E-state index contributed by atoms with van der Waals surface area (Å²) < 4.78 is 10.6. The molecule has 10 nitrogen and oxygen atoms in total. The Morgan fingerprint density at radius 2 is 1.87 bits per heavy atom. The van der Waals surface area contributed by atoms with Crippen molar-refractivity contribution in [1.82, 2.24) is 28.9 Å². The summed E-state index contributed by atoms with van der Waals surface area (Å²) in [6, 6.07) is 16.4. The van der Waals surface area contributed by atoms with Crippen LogP contribution < -0.4 is 4.74 Å². The molecule has 4 aromatic heterocycles. The first-order valence-corrected chi connectivity index (χ1v) is 16.0. The van der Waals surface area contributed by atoms with Crippen LogP contribution in [0.5, 0.6) is 5.75 Å². The Kier molecular flexibility index (Phi) is 8.08. The molecule has 1 fully saturated rings. The fourth-order valence-electron chi connectivity index (χ4n) is 6.97. The van der Waals surface area contributed by atoms with Crippen LogP contribution in [0, 0.1) is 24.2 Å². The van der Waals surface area contributed by atoms with Gasteiger partial charge in [-0.3, -0.25) is 23.4 Å². The smallest absolute Gasteiger partial charge is 0.262 e. The number of fused-ring (bicyclic) bond motifs is 2. The molecular formula is C36H32ClN7O3. The number of ether oxygens (including phenoxy) is 1. The van der Waals surface area contributed by atoms with Gasteiger partial charge in [0.15, 0.2) is 5.65 Å². The molecule has 1 aliphatic carbocycles. The number of hydrogen-bond acceptors (Lipinski definition) is 7. The lowest BCUT2D eigenvalue weighted by molar-refractivity contribution is 0.0915. The van der Waals surface area contributed by atoms with E-state index in [1.807, 2.05) is 36.0 Å². The van der Waals surface area contributed by atoms with Gasteiger partial charge in [0.1, 0.15) is 12.1 Å². The van der Waals surface area contributed by atoms with E-state index in [9.17, 15) is 14.9 Å². The molecule has 0 saturated heterocycles. The number of aromatic nitrogens is 6. The monoisotopic (exact) mass is 645 g/mol. The lowest BCUT2D eigenvalue weighted by Gasteiger charge is -2.21. The summed E-state index contributed by atoms with van der Waals surface area (Å²) in [4.78, 5) is 36.8. The number of rotatable bonds is 8. The lowest BCUT2D eigenvalue weighted by atomic mass is 9.96. The SMILES string of the molecule is COc1ccc2c(c1)c(CC(=O)n1ccc3c(-c4cnn(C(CC#N)C5CCCC5)c4)ncnc31)c(C)n2C(=O)c1ccc(Cl)cc1. The van der Waals surface area contributed by atoms with Crippen molar-refractivity contribution in [3.63, 3.8) is 0 Å². The molecule has 236 valence electrons. The highest BCUT2D eigenvalue weighted by Crippen LogP contribution is 2.37. The van der Waals surface area contributed by atoms with Gasteiger partial charge in [0.05, 0.1) is 49.5 Å². The zero-order chi connectivity index (χ0) is 32.7. The number of nitriles is 1. The quantitative estimate of drug-likeness (QED) is 0.169. The zero-order valence-electron chi connectivity index (χ0n) is 26.1. The van der Waals surface area contributed by atoms with Crippen molar-refractivity contribution in [2.75, 3.05) is 7.11 Å². The maximum atomic E-state index is 14.0. The highest BCUT2D eigenvalue weighted by Gasteiger charge is 2.28. The zero-order valence-corrected chi connectivity index (χ0v) is 26.8. The van der Waals surface area contributed by atoms with Crippen LogP contribution in [0.1, 0.15) is 64.6 Å². The Bertz CT molecular complexity index is 2180. The van der Waals surface area contributed by atoms with Crippen LogP contribution in [0.15, 0.2) is 73.4 Å². The molecule has 4 heterocycles. The Morgan fingerprint density at radius 1 is 1.09 bits per heavy atom. The van der Waals surface area contributed by atoms with E-state index in [1.54, 1.807) is 54.4 Å². The number of methoxy groups -OCH3 is 1. The summed E-state index contributed by atoms with van der Waals surface area (Å²) in [5.41, 5.74) is 4.49. The van der Waals surface area contributed by atoms with Gasteiger partial charge in [0, 0.05) is 45.0 Å². The van der Waals surface area contributed by atoms with Crippen molar-refractivity contribution in [1.29, 1.82) is 5.26 Å². The molecule has 47 heavy (non-hydrogen) atoms. The van der Waals surface area contributed by atoms with Crippen LogP contribution in [0.25, 0.3) is 33.2 Å². The molecule has 0 bridgehead atoms. The number of carbonyl (C=O) groups excluding carboxylic acids is 2. The van der Waals surface area contributed by atoms with Gasteiger partial charge >= 0.3 is 0 Å². The van der Waals surface area contributed by atoms with Crippen molar-refractivity contribution in [2.24, 2.45) is 5.92 Å². The Labute approximate surface area is 276 Å². The molecule has 0 spiro atoms. The predicted molar refractivity (Wildman–Crippen MR) is 179 cm³/mol. The molecule has 1 atom stereocenters. The number of carbonyl (C=O) groups is 2. The van der Waals surface area contributed by atoms with Crippen molar-refractivity contribution < 1.29 is 14.3 Å². The molecule has 7 rings (SSSR count). The molecule has 1 unspecified atom stereocenters. The Balaban J connectivity index is 1.23. The maximum absolute atomic E-state index is 14.0. The van der Waals surface area contributed by atoms with E-state index < -0.39 is 0 Å². The standard InChI is InChI=1S/C36H32ClN7O3/c1-22-29(30-17-27(47-2)11-12-32(30)44(22)36(46)24-7-9-26(37)10-8-24)18-33(45)42-16-14-28-34(39-21-40-35(28)42)25-19-41-43(20-25)31(13-15-38)23-5-3-4-6-23/h7-12,14,16-17,19-21,23,31H,3-6,13,18H2,1-2H3. The predicted octanol–water partition coefficient (Wildman–Crippen LogP) is 7.44. The van der Waals surface area contributed by atoms with Gasteiger partial charge in [-0.25, -0.2) is 9.97 Å². The fraction of sp³-hybridized carbons (Fsp3) is 0.278. The van der Waals surface area contributed by atoms with E-state index in [-0.39, 0.29) is 24.3 Å². The second-order valence-corrected chi connectivity index (χ2v) is 12.4. The van der Waals surface area contributed by atoms with Gasteiger partial charge in [-0.05, 0) is 79.8 Å². The van der Waals surface area contributed by atoms with E-state index in [0.717, 1.165) is 34.7 Å². The van der Waals surface area contributed by atoms with Crippen molar-refractivity contribution in [2.45, 2.75) is 51.5 Å². The third kappa shape index (κ3) is 5.47. The minimum atomic E-state index is -0.220. The van der Waals surface area contributed by atoms with Gasteiger partial charge in [0.2, 0.25) is 5.91 Å². The second kappa shape index (κ2) is 12.5. The van der Waals surface area contributed by atoms with Crippen LogP contribution in [0.3, 0.4) is 0 Å². The molecule has 0 aliphatic heterocycles. The topological polar surface area (TPSA) is 121 Å². The van der Waals surface area contributed by atoms with Gasteiger partial charge in [-0.1, -0.05) is 24.4 Å².